The van der Waals surface area contributed by atoms with E-state index in [0.717, 1.165) is 5.69 Å². The predicted octanol–water partition coefficient (Wildman–Crippen LogP) is 3.22. The quantitative estimate of drug-likeness (QED) is 0.813. The van der Waals surface area contributed by atoms with Crippen LogP contribution in [0.2, 0.25) is 5.02 Å². The molecule has 2 rings (SSSR count). The first-order chi connectivity index (χ1) is 8.54. The maximum absolute atomic E-state index is 11.2. The summed E-state index contributed by atoms with van der Waals surface area (Å²) in [5.74, 6) is 0.473. The number of nitrogens with zero attached hydrogens (tertiary/aromatic N) is 2. The van der Waals surface area contributed by atoms with E-state index in [1.807, 2.05) is 0 Å². The zero-order valence-corrected chi connectivity index (χ0v) is 11.3. The average Bonchev–Trinajstić information content (AvgIpc) is 2.67. The normalized spacial score (nSPS) is 10.4. The summed E-state index contributed by atoms with van der Waals surface area (Å²) in [5, 5.41) is 4.16. The van der Waals surface area contributed by atoms with Crippen LogP contribution in [0.3, 0.4) is 0 Å². The Morgan fingerprint density at radius 2 is 1.94 bits per heavy atom. The van der Waals surface area contributed by atoms with Crippen LogP contribution in [0.15, 0.2) is 24.3 Å². The Bertz CT molecular complexity index is 591. The molecule has 94 valence electrons. The number of hydrogen-bond acceptors (Lipinski definition) is 3. The fraction of sp³-hybridized carbons (Fsp3) is 0.167. The Kier molecular flexibility index (Phi) is 3.59. The van der Waals surface area contributed by atoms with Crippen LogP contribution in [0.25, 0.3) is 5.69 Å². The van der Waals surface area contributed by atoms with Gasteiger partial charge in [-0.2, -0.15) is 5.10 Å². The largest absolute Gasteiger partial charge is 0.481 e. The Morgan fingerprint density at radius 3 is 2.44 bits per heavy atom. The molecular weight excluding hydrogens is 275 g/mol. The standard InChI is InChI=1S/C12H10Cl2N2O2/c1-7-10(11(14)17)15-16(12(7)18-2)9-5-3-8(13)4-6-9/h3-6H,1-2H3. The number of carbonyl (C=O) groups excluding carboxylic acids is 1. The van der Waals surface area contributed by atoms with Crippen LogP contribution >= 0.6 is 23.2 Å². The molecule has 4 nitrogen and oxygen atoms in total. The van der Waals surface area contributed by atoms with E-state index in [1.54, 1.807) is 31.2 Å². The molecule has 0 spiro atoms. The summed E-state index contributed by atoms with van der Waals surface area (Å²) in [4.78, 5) is 11.2. The summed E-state index contributed by atoms with van der Waals surface area (Å²) in [6, 6.07) is 7.02. The van der Waals surface area contributed by atoms with Crippen molar-refractivity contribution in [1.82, 2.24) is 9.78 Å². The van der Waals surface area contributed by atoms with Crippen molar-refractivity contribution in [3.63, 3.8) is 0 Å². The summed E-state index contributed by atoms with van der Waals surface area (Å²) in [5.41, 5.74) is 1.53. The van der Waals surface area contributed by atoms with Gasteiger partial charge in [-0.3, -0.25) is 4.79 Å². The van der Waals surface area contributed by atoms with Gasteiger partial charge in [0.1, 0.15) is 0 Å². The maximum Gasteiger partial charge on any atom is 0.273 e. The van der Waals surface area contributed by atoms with E-state index in [0.29, 0.717) is 16.5 Å². The molecule has 18 heavy (non-hydrogen) atoms. The Hall–Kier alpha value is -1.52. The number of hydrogen-bond donors (Lipinski definition) is 0. The van der Waals surface area contributed by atoms with Crippen molar-refractivity contribution in [2.24, 2.45) is 0 Å². The number of methoxy groups -OCH3 is 1. The minimum absolute atomic E-state index is 0.184. The van der Waals surface area contributed by atoms with Crippen molar-refractivity contribution < 1.29 is 9.53 Å². The average molecular weight is 285 g/mol. The summed E-state index contributed by atoms with van der Waals surface area (Å²) >= 11 is 11.3. The first-order valence-electron chi connectivity index (χ1n) is 5.14. The lowest BCUT2D eigenvalue weighted by Crippen LogP contribution is -2.00. The first kappa shape index (κ1) is 12.9. The number of rotatable bonds is 3. The molecule has 0 N–H and O–H groups in total. The minimum atomic E-state index is -0.612. The molecule has 0 unspecified atom stereocenters. The van der Waals surface area contributed by atoms with Crippen LogP contribution in [0.5, 0.6) is 5.88 Å². The number of carbonyl (C=O) groups is 1. The van der Waals surface area contributed by atoms with Gasteiger partial charge >= 0.3 is 0 Å². The third-order valence-electron chi connectivity index (χ3n) is 2.52. The highest BCUT2D eigenvalue weighted by molar-refractivity contribution is 6.67. The van der Waals surface area contributed by atoms with Crippen molar-refractivity contribution in [2.45, 2.75) is 6.92 Å². The van der Waals surface area contributed by atoms with E-state index < -0.39 is 5.24 Å². The van der Waals surface area contributed by atoms with Gasteiger partial charge in [0.2, 0.25) is 5.88 Å². The molecule has 1 heterocycles. The van der Waals surface area contributed by atoms with Gasteiger partial charge in [-0.15, -0.1) is 0 Å². The van der Waals surface area contributed by atoms with Gasteiger partial charge in [0.25, 0.3) is 5.24 Å². The van der Waals surface area contributed by atoms with Gasteiger partial charge < -0.3 is 4.74 Å². The van der Waals surface area contributed by atoms with Gasteiger partial charge in [0.05, 0.1) is 12.8 Å². The molecule has 0 bridgehead atoms. The first-order valence-corrected chi connectivity index (χ1v) is 5.89. The van der Waals surface area contributed by atoms with Crippen LogP contribution in [-0.2, 0) is 0 Å². The van der Waals surface area contributed by atoms with E-state index in [4.69, 9.17) is 27.9 Å². The van der Waals surface area contributed by atoms with Crippen molar-refractivity contribution in [3.8, 4) is 11.6 Å². The maximum atomic E-state index is 11.2. The molecule has 2 aromatic rings. The molecule has 1 aromatic heterocycles. The molecule has 0 radical (unpaired) electrons. The second-order valence-electron chi connectivity index (χ2n) is 3.64. The number of aromatic nitrogens is 2. The smallest absolute Gasteiger partial charge is 0.273 e. The molecule has 0 amide bonds. The lowest BCUT2D eigenvalue weighted by molar-refractivity contribution is 0.107. The molecule has 1 aromatic carbocycles. The lowest BCUT2D eigenvalue weighted by atomic mass is 10.3. The highest BCUT2D eigenvalue weighted by Gasteiger charge is 2.20. The second kappa shape index (κ2) is 5.00. The van der Waals surface area contributed by atoms with E-state index in [1.165, 1.54) is 11.8 Å². The highest BCUT2D eigenvalue weighted by atomic mass is 35.5. The molecule has 0 saturated carbocycles. The van der Waals surface area contributed by atoms with Gasteiger partial charge in [-0.05, 0) is 42.8 Å². The molecule has 0 fully saturated rings. The van der Waals surface area contributed by atoms with E-state index in [9.17, 15) is 4.79 Å². The van der Waals surface area contributed by atoms with Crippen molar-refractivity contribution in [3.05, 3.63) is 40.5 Å². The summed E-state index contributed by atoms with van der Waals surface area (Å²) < 4.78 is 6.76. The van der Waals surface area contributed by atoms with E-state index >= 15 is 0 Å². The molecular formula is C12H10Cl2N2O2. The van der Waals surface area contributed by atoms with Crippen LogP contribution in [0, 0.1) is 6.92 Å². The Balaban J connectivity index is 2.60. The number of ether oxygens (including phenoxy) is 1. The Labute approximate surface area is 114 Å². The van der Waals surface area contributed by atoms with Gasteiger partial charge in [-0.25, -0.2) is 4.68 Å². The highest BCUT2D eigenvalue weighted by Crippen LogP contribution is 2.26. The monoisotopic (exact) mass is 284 g/mol. The van der Waals surface area contributed by atoms with Crippen molar-refractivity contribution in [1.29, 1.82) is 0 Å². The molecule has 0 aliphatic heterocycles. The topological polar surface area (TPSA) is 44.1 Å². The van der Waals surface area contributed by atoms with Crippen LogP contribution < -0.4 is 4.74 Å². The SMILES string of the molecule is COc1c(C)c(C(=O)Cl)nn1-c1ccc(Cl)cc1. The fourth-order valence-corrected chi connectivity index (χ4v) is 1.97. The summed E-state index contributed by atoms with van der Waals surface area (Å²) in [6.45, 7) is 1.73. The summed E-state index contributed by atoms with van der Waals surface area (Å²) in [6.07, 6.45) is 0. The molecule has 0 saturated heterocycles. The van der Waals surface area contributed by atoms with E-state index in [-0.39, 0.29) is 5.69 Å². The molecule has 0 aliphatic rings. The predicted molar refractivity (Wildman–Crippen MR) is 70.0 cm³/mol. The molecule has 6 heteroatoms. The van der Waals surface area contributed by atoms with Crippen molar-refractivity contribution >= 4 is 28.4 Å². The molecule has 0 aliphatic carbocycles. The fourth-order valence-electron chi connectivity index (χ4n) is 1.66. The van der Waals surface area contributed by atoms with Crippen LogP contribution in [0.1, 0.15) is 16.1 Å². The zero-order valence-electron chi connectivity index (χ0n) is 9.78. The summed E-state index contributed by atoms with van der Waals surface area (Å²) in [7, 11) is 1.51. The zero-order chi connectivity index (χ0) is 13.3. The van der Waals surface area contributed by atoms with Gasteiger partial charge in [0.15, 0.2) is 5.69 Å². The van der Waals surface area contributed by atoms with Gasteiger partial charge in [-0.1, -0.05) is 11.6 Å². The lowest BCUT2D eigenvalue weighted by Gasteiger charge is -2.06. The number of halogens is 2. The van der Waals surface area contributed by atoms with Gasteiger partial charge in [0, 0.05) is 10.6 Å². The third-order valence-corrected chi connectivity index (χ3v) is 2.95. The minimum Gasteiger partial charge on any atom is -0.481 e. The van der Waals surface area contributed by atoms with E-state index in [2.05, 4.69) is 5.10 Å². The third kappa shape index (κ3) is 2.21. The second-order valence-corrected chi connectivity index (χ2v) is 4.42. The Morgan fingerprint density at radius 1 is 1.33 bits per heavy atom. The van der Waals surface area contributed by atoms with Crippen LogP contribution in [-0.4, -0.2) is 22.1 Å². The van der Waals surface area contributed by atoms with Crippen molar-refractivity contribution in [2.75, 3.05) is 7.11 Å². The molecule has 0 atom stereocenters. The number of benzene rings is 1. The van der Waals surface area contributed by atoms with Crippen LogP contribution in [0.4, 0.5) is 0 Å².